The van der Waals surface area contributed by atoms with Crippen LogP contribution in [0.5, 0.6) is 0 Å². The fourth-order valence-electron chi connectivity index (χ4n) is 3.35. The first kappa shape index (κ1) is 20.4. The lowest BCUT2D eigenvalue weighted by Gasteiger charge is -2.28. The predicted molar refractivity (Wildman–Crippen MR) is 96.3 cm³/mol. The van der Waals surface area contributed by atoms with Crippen LogP contribution in [0.25, 0.3) is 0 Å². The largest absolute Gasteiger partial charge is 1.00 e. The predicted octanol–water partition coefficient (Wildman–Crippen LogP) is -0.852. The lowest BCUT2D eigenvalue weighted by atomic mass is 9.95. The molecule has 1 N–H and O–H groups in total. The van der Waals surface area contributed by atoms with Gasteiger partial charge in [-0.25, -0.2) is 0 Å². The van der Waals surface area contributed by atoms with Crippen molar-refractivity contribution in [3.63, 3.8) is 0 Å². The van der Waals surface area contributed by atoms with Crippen molar-refractivity contribution in [2.24, 2.45) is 0 Å². The molecule has 0 aromatic heterocycles. The third-order valence-corrected chi connectivity index (χ3v) is 4.61. The van der Waals surface area contributed by atoms with Gasteiger partial charge in [-0.05, 0) is 18.1 Å². The fourth-order valence-corrected chi connectivity index (χ4v) is 3.35. The molecule has 2 aromatic carbocycles. The number of benzene rings is 2. The first-order valence-electron chi connectivity index (χ1n) is 9.01. The van der Waals surface area contributed by atoms with E-state index in [1.807, 2.05) is 13.0 Å². The minimum absolute atomic E-state index is 0. The van der Waals surface area contributed by atoms with Crippen LogP contribution in [0, 0.1) is 0 Å². The second-order valence-electron chi connectivity index (χ2n) is 6.34. The molecule has 2 aromatic rings. The molecule has 140 valence electrons. The molecule has 1 aliphatic rings. The number of fused-ring (bicyclic) bond motifs is 1. The van der Waals surface area contributed by atoms with Gasteiger partial charge in [0.15, 0.2) is 0 Å². The third-order valence-electron chi connectivity index (χ3n) is 4.61. The van der Waals surface area contributed by atoms with Crippen LogP contribution in [0.1, 0.15) is 36.1 Å². The summed E-state index contributed by atoms with van der Waals surface area (Å²) < 4.78 is 11.3. The summed E-state index contributed by atoms with van der Waals surface area (Å²) in [5, 5.41) is 0. The molecule has 3 rings (SSSR count). The summed E-state index contributed by atoms with van der Waals surface area (Å²) in [7, 11) is 0. The number of carbonyl (C=O) groups is 1. The number of esters is 1. The summed E-state index contributed by atoms with van der Waals surface area (Å²) in [5.74, 6) is -0.117. The molecule has 0 radical (unpaired) electrons. The van der Waals surface area contributed by atoms with E-state index in [0.29, 0.717) is 19.6 Å². The highest BCUT2D eigenvalue weighted by Gasteiger charge is 2.24. The van der Waals surface area contributed by atoms with E-state index in [1.165, 1.54) is 21.6 Å². The zero-order valence-electron chi connectivity index (χ0n) is 15.1. The average molecular weight is 376 g/mol. The molecular formula is C21H26ClNO3. The Morgan fingerprint density at radius 1 is 1.15 bits per heavy atom. The number of carbonyl (C=O) groups excluding carboxylic acids is 1. The Labute approximate surface area is 161 Å². The van der Waals surface area contributed by atoms with Crippen LogP contribution in [0.2, 0.25) is 0 Å². The van der Waals surface area contributed by atoms with Gasteiger partial charge in [-0.15, -0.1) is 0 Å². The lowest BCUT2D eigenvalue weighted by molar-refractivity contribution is -0.914. The van der Waals surface area contributed by atoms with Gasteiger partial charge in [-0.2, -0.15) is 0 Å². The summed E-state index contributed by atoms with van der Waals surface area (Å²) in [5.41, 5.74) is 3.70. The minimum atomic E-state index is -0.117. The quantitative estimate of drug-likeness (QED) is 0.692. The van der Waals surface area contributed by atoms with E-state index in [4.69, 9.17) is 9.47 Å². The van der Waals surface area contributed by atoms with Crippen molar-refractivity contribution in [1.82, 2.24) is 0 Å². The standard InChI is InChI=1S/C21H25NO3.ClH/c1-2-24-20(23)12-13-22-14-15-25-21(17-8-4-3-5-9-17)19-11-7-6-10-18(19)16-22;/h3-11,21H,2,12-16H2,1H3;1H. The van der Waals surface area contributed by atoms with Crippen molar-refractivity contribution >= 4 is 5.97 Å². The normalized spacial score (nSPS) is 19.4. The molecule has 26 heavy (non-hydrogen) atoms. The number of ether oxygens (including phenoxy) is 2. The van der Waals surface area contributed by atoms with Crippen LogP contribution in [-0.4, -0.2) is 32.3 Å². The second kappa shape index (κ2) is 10.3. The highest BCUT2D eigenvalue weighted by molar-refractivity contribution is 5.69. The Hall–Kier alpha value is -1.88. The number of nitrogens with one attached hydrogen (secondary N) is 1. The van der Waals surface area contributed by atoms with Gasteiger partial charge in [0.05, 0.1) is 26.2 Å². The zero-order chi connectivity index (χ0) is 17.5. The van der Waals surface area contributed by atoms with E-state index < -0.39 is 0 Å². The summed E-state index contributed by atoms with van der Waals surface area (Å²) in [6.07, 6.45) is 0.428. The number of hydrogen-bond acceptors (Lipinski definition) is 3. The molecule has 0 saturated heterocycles. The van der Waals surface area contributed by atoms with Crippen LogP contribution in [-0.2, 0) is 20.8 Å². The Morgan fingerprint density at radius 3 is 2.65 bits per heavy atom. The molecule has 2 atom stereocenters. The van der Waals surface area contributed by atoms with Gasteiger partial charge >= 0.3 is 5.97 Å². The first-order valence-corrected chi connectivity index (χ1v) is 9.01. The topological polar surface area (TPSA) is 40.0 Å². The minimum Gasteiger partial charge on any atom is -1.00 e. The Bertz CT molecular complexity index is 693. The monoisotopic (exact) mass is 375 g/mol. The molecule has 0 fully saturated rings. The fraction of sp³-hybridized carbons (Fsp3) is 0.381. The first-order chi connectivity index (χ1) is 12.3. The van der Waals surface area contributed by atoms with Crippen LogP contribution < -0.4 is 17.3 Å². The van der Waals surface area contributed by atoms with Crippen LogP contribution in [0.3, 0.4) is 0 Å². The van der Waals surface area contributed by atoms with Crippen molar-refractivity contribution < 1.29 is 31.6 Å². The van der Waals surface area contributed by atoms with Crippen molar-refractivity contribution in [2.75, 3.05) is 26.3 Å². The Balaban J connectivity index is 0.00000243. The molecule has 0 spiro atoms. The Kier molecular flexibility index (Phi) is 8.10. The SMILES string of the molecule is CCOC(=O)CC[NH+]1CCOC(c2ccccc2)c2ccccc2C1.[Cl-]. The van der Waals surface area contributed by atoms with Crippen molar-refractivity contribution in [1.29, 1.82) is 0 Å². The summed E-state index contributed by atoms with van der Waals surface area (Å²) in [4.78, 5) is 13.0. The molecule has 1 aliphatic heterocycles. The maximum Gasteiger partial charge on any atom is 0.311 e. The van der Waals surface area contributed by atoms with E-state index in [2.05, 4.69) is 48.5 Å². The number of halogens is 1. The highest BCUT2D eigenvalue weighted by Crippen LogP contribution is 2.28. The van der Waals surface area contributed by atoms with Crippen LogP contribution in [0.15, 0.2) is 54.6 Å². The third kappa shape index (κ3) is 5.31. The van der Waals surface area contributed by atoms with Crippen LogP contribution >= 0.6 is 0 Å². The average Bonchev–Trinajstić information content (AvgIpc) is 2.62. The molecule has 1 heterocycles. The van der Waals surface area contributed by atoms with Gasteiger partial charge in [-0.3, -0.25) is 4.79 Å². The van der Waals surface area contributed by atoms with E-state index in [-0.39, 0.29) is 24.5 Å². The summed E-state index contributed by atoms with van der Waals surface area (Å²) >= 11 is 0. The van der Waals surface area contributed by atoms with Gasteiger partial charge in [0.1, 0.15) is 19.2 Å². The van der Waals surface area contributed by atoms with Crippen LogP contribution in [0.4, 0.5) is 0 Å². The maximum absolute atomic E-state index is 11.7. The van der Waals surface area contributed by atoms with Gasteiger partial charge in [0.25, 0.3) is 0 Å². The zero-order valence-corrected chi connectivity index (χ0v) is 15.9. The summed E-state index contributed by atoms with van der Waals surface area (Å²) in [6.45, 7) is 5.52. The van der Waals surface area contributed by atoms with Gasteiger partial charge in [0, 0.05) is 5.56 Å². The van der Waals surface area contributed by atoms with Crippen molar-refractivity contribution in [3.8, 4) is 0 Å². The van der Waals surface area contributed by atoms with E-state index in [0.717, 1.165) is 19.6 Å². The molecule has 0 aliphatic carbocycles. The maximum atomic E-state index is 11.7. The molecule has 5 heteroatoms. The van der Waals surface area contributed by atoms with E-state index in [1.54, 1.807) is 0 Å². The smallest absolute Gasteiger partial charge is 0.311 e. The second-order valence-corrected chi connectivity index (χ2v) is 6.34. The number of rotatable bonds is 5. The van der Waals surface area contributed by atoms with Crippen molar-refractivity contribution in [3.05, 3.63) is 71.3 Å². The Morgan fingerprint density at radius 2 is 1.88 bits per heavy atom. The molecule has 0 bridgehead atoms. The highest BCUT2D eigenvalue weighted by atomic mass is 35.5. The lowest BCUT2D eigenvalue weighted by Crippen LogP contribution is -3.11. The van der Waals surface area contributed by atoms with Gasteiger partial charge < -0.3 is 26.8 Å². The molecule has 2 unspecified atom stereocenters. The molecule has 0 saturated carbocycles. The number of quaternary nitrogens is 1. The van der Waals surface area contributed by atoms with E-state index >= 15 is 0 Å². The number of hydrogen-bond donors (Lipinski definition) is 1. The molecular weight excluding hydrogens is 350 g/mol. The summed E-state index contributed by atoms with van der Waals surface area (Å²) in [6, 6.07) is 18.8. The van der Waals surface area contributed by atoms with Gasteiger partial charge in [0.2, 0.25) is 0 Å². The molecule has 0 amide bonds. The van der Waals surface area contributed by atoms with Crippen molar-refractivity contribution in [2.45, 2.75) is 26.0 Å². The van der Waals surface area contributed by atoms with E-state index in [9.17, 15) is 4.79 Å². The van der Waals surface area contributed by atoms with Gasteiger partial charge in [-0.1, -0.05) is 54.6 Å². The molecule has 4 nitrogen and oxygen atoms in total.